The summed E-state index contributed by atoms with van der Waals surface area (Å²) in [6.45, 7) is 0.647. The summed E-state index contributed by atoms with van der Waals surface area (Å²) < 4.78 is 0. The minimum Gasteiger partial charge on any atom is -0.508 e. The van der Waals surface area contributed by atoms with Gasteiger partial charge in [0.2, 0.25) is 23.6 Å². The molecule has 2 aromatic carbocycles. The Hall–Kier alpha value is -4.08. The molecule has 0 radical (unpaired) electrons. The highest BCUT2D eigenvalue weighted by Crippen LogP contribution is 2.28. The quantitative estimate of drug-likeness (QED) is 0.119. The summed E-state index contributed by atoms with van der Waals surface area (Å²) in [4.78, 5) is 51.9. The topological polar surface area (TPSA) is 261 Å². The molecule has 14 nitrogen and oxygen atoms in total. The number of amides is 4. The van der Waals surface area contributed by atoms with Crippen LogP contribution in [0.4, 0.5) is 0 Å². The van der Waals surface area contributed by atoms with Gasteiger partial charge < -0.3 is 54.4 Å². The lowest BCUT2D eigenvalue weighted by atomic mass is 9.96. The number of fused-ring (bicyclic) bond motifs is 5. The molecule has 5 atom stereocenters. The number of hydrogen-bond acceptors (Lipinski definition) is 10. The van der Waals surface area contributed by atoms with Gasteiger partial charge in [0.25, 0.3) is 0 Å². The van der Waals surface area contributed by atoms with Crippen molar-refractivity contribution in [1.82, 2.24) is 21.3 Å². The Morgan fingerprint density at radius 2 is 1.73 bits per heavy atom. The molecule has 4 bridgehead atoms. The number of nitrogens with two attached hydrogens (primary N) is 4. The normalized spacial score (nSPS) is 20.2. The zero-order valence-electron chi connectivity index (χ0n) is 24.6. The molecule has 1 heterocycles. The van der Waals surface area contributed by atoms with Crippen molar-refractivity contribution >= 4 is 23.6 Å². The Balaban J connectivity index is 1.87. The summed E-state index contributed by atoms with van der Waals surface area (Å²) in [5, 5.41) is 31.4. The lowest BCUT2D eigenvalue weighted by Gasteiger charge is -2.25. The van der Waals surface area contributed by atoms with Gasteiger partial charge in [-0.1, -0.05) is 30.3 Å². The Morgan fingerprint density at radius 3 is 2.45 bits per heavy atom. The van der Waals surface area contributed by atoms with Gasteiger partial charge in [-0.15, -0.1) is 0 Å². The highest BCUT2D eigenvalue weighted by Gasteiger charge is 2.30. The maximum atomic E-state index is 13.5. The number of carbonyl (C=O) groups excluding carboxylic acids is 4. The first-order chi connectivity index (χ1) is 21.0. The smallest absolute Gasteiger partial charge is 0.243 e. The van der Waals surface area contributed by atoms with E-state index in [1.165, 1.54) is 6.07 Å². The van der Waals surface area contributed by atoms with Gasteiger partial charge in [-0.3, -0.25) is 19.2 Å². The second-order valence-corrected chi connectivity index (χ2v) is 10.9. The molecular weight excluding hydrogens is 568 g/mol. The average molecular weight is 613 g/mol. The number of aliphatic hydroxyl groups is 1. The van der Waals surface area contributed by atoms with Gasteiger partial charge in [-0.05, 0) is 47.2 Å². The van der Waals surface area contributed by atoms with Gasteiger partial charge in [0.15, 0.2) is 0 Å². The number of nitrogens with one attached hydrogen (secondary N) is 4. The number of rotatable bonds is 11. The van der Waals surface area contributed by atoms with E-state index in [-0.39, 0.29) is 44.0 Å². The fourth-order valence-corrected chi connectivity index (χ4v) is 4.85. The zero-order valence-corrected chi connectivity index (χ0v) is 24.6. The van der Waals surface area contributed by atoms with Crippen LogP contribution < -0.4 is 44.2 Å². The predicted molar refractivity (Wildman–Crippen MR) is 165 cm³/mol. The Kier molecular flexibility index (Phi) is 13.0. The molecule has 44 heavy (non-hydrogen) atoms. The summed E-state index contributed by atoms with van der Waals surface area (Å²) in [6, 6.07) is 8.20. The van der Waals surface area contributed by atoms with E-state index < -0.39 is 48.0 Å². The molecule has 240 valence electrons. The highest BCUT2D eigenvalue weighted by molar-refractivity contribution is 5.93. The van der Waals surface area contributed by atoms with Crippen molar-refractivity contribution in [3.63, 3.8) is 0 Å². The molecule has 0 fully saturated rings. The SMILES string of the molecule is NCCNC(=O)[C@@H](N)CCCNC(=O)C1Cc2cccc(c2)-c2ccc(O)c(c2)C[C@H](N)C(=O)N[C@@H](C[C@@H](O)CN)C(=O)N1. The van der Waals surface area contributed by atoms with E-state index in [1.807, 2.05) is 24.3 Å². The molecule has 1 unspecified atom stereocenters. The summed E-state index contributed by atoms with van der Waals surface area (Å²) in [6.07, 6.45) is -0.508. The van der Waals surface area contributed by atoms with Crippen LogP contribution in [0, 0.1) is 0 Å². The van der Waals surface area contributed by atoms with Crippen LogP contribution in [0.2, 0.25) is 0 Å². The Morgan fingerprint density at radius 1 is 0.977 bits per heavy atom. The van der Waals surface area contributed by atoms with Gasteiger partial charge in [0.05, 0.1) is 18.2 Å². The third-order valence-corrected chi connectivity index (χ3v) is 7.37. The van der Waals surface area contributed by atoms with E-state index in [0.29, 0.717) is 31.5 Å². The number of phenols is 1. The van der Waals surface area contributed by atoms with E-state index in [4.69, 9.17) is 22.9 Å². The Bertz CT molecular complexity index is 1310. The highest BCUT2D eigenvalue weighted by atomic mass is 16.3. The minimum absolute atomic E-state index is 0.0116. The van der Waals surface area contributed by atoms with Crippen LogP contribution in [0.1, 0.15) is 30.4 Å². The molecule has 0 saturated carbocycles. The van der Waals surface area contributed by atoms with Crippen LogP contribution in [-0.4, -0.2) is 90.3 Å². The molecule has 3 rings (SSSR count). The van der Waals surface area contributed by atoms with Crippen molar-refractivity contribution in [2.24, 2.45) is 22.9 Å². The van der Waals surface area contributed by atoms with Crippen LogP contribution in [-0.2, 0) is 32.0 Å². The fourth-order valence-electron chi connectivity index (χ4n) is 4.85. The lowest BCUT2D eigenvalue weighted by Crippen LogP contribution is -2.57. The molecule has 0 aromatic heterocycles. The Labute approximate surface area is 256 Å². The largest absolute Gasteiger partial charge is 0.508 e. The lowest BCUT2D eigenvalue weighted by molar-refractivity contribution is -0.133. The molecule has 2 aromatic rings. The first-order valence-corrected chi connectivity index (χ1v) is 14.7. The van der Waals surface area contributed by atoms with Crippen molar-refractivity contribution in [3.8, 4) is 16.9 Å². The van der Waals surface area contributed by atoms with Crippen LogP contribution in [0.3, 0.4) is 0 Å². The summed E-state index contributed by atoms with van der Waals surface area (Å²) in [7, 11) is 0. The fraction of sp³-hybridized carbons (Fsp3) is 0.467. The van der Waals surface area contributed by atoms with E-state index >= 15 is 0 Å². The van der Waals surface area contributed by atoms with Gasteiger partial charge in [0.1, 0.15) is 17.8 Å². The van der Waals surface area contributed by atoms with Crippen LogP contribution in [0.5, 0.6) is 5.75 Å². The zero-order chi connectivity index (χ0) is 32.2. The number of hydrogen-bond donors (Lipinski definition) is 10. The van der Waals surface area contributed by atoms with Gasteiger partial charge in [-0.25, -0.2) is 0 Å². The molecule has 0 spiro atoms. The second kappa shape index (κ2) is 16.7. The third-order valence-electron chi connectivity index (χ3n) is 7.37. The standard InChI is InChI=1S/C30H44N8O6/c31-8-10-36-27(41)22(33)5-2-9-35-29(43)24-12-17-3-1-4-18(11-17)19-6-7-26(40)20(13-19)14-23(34)28(42)37-25(30(44)38-24)15-21(39)16-32/h1,3-4,6-7,11,13,21-25,39-40H,2,5,8-10,12,14-16,31-34H2,(H,35,43)(H,36,41)(H,37,42)(H,38,44)/t21-,22+,23+,24?,25+/m1/s1. The number of aromatic hydroxyl groups is 1. The van der Waals surface area contributed by atoms with Crippen LogP contribution >= 0.6 is 0 Å². The van der Waals surface area contributed by atoms with E-state index in [1.54, 1.807) is 12.1 Å². The molecule has 14 heteroatoms. The van der Waals surface area contributed by atoms with Crippen molar-refractivity contribution in [1.29, 1.82) is 0 Å². The van der Waals surface area contributed by atoms with Crippen LogP contribution in [0.25, 0.3) is 11.1 Å². The molecule has 0 aliphatic carbocycles. The van der Waals surface area contributed by atoms with Crippen molar-refractivity contribution in [3.05, 3.63) is 53.6 Å². The maximum absolute atomic E-state index is 13.5. The van der Waals surface area contributed by atoms with Gasteiger partial charge in [-0.2, -0.15) is 0 Å². The number of carbonyl (C=O) groups is 4. The first-order valence-electron chi connectivity index (χ1n) is 14.7. The number of aliphatic hydroxyl groups excluding tert-OH is 1. The first kappa shape index (κ1) is 34.4. The average Bonchev–Trinajstić information content (AvgIpc) is 3.01. The monoisotopic (exact) mass is 612 g/mol. The second-order valence-electron chi connectivity index (χ2n) is 10.9. The van der Waals surface area contributed by atoms with Crippen molar-refractivity contribution < 1.29 is 29.4 Å². The predicted octanol–water partition coefficient (Wildman–Crippen LogP) is -2.54. The van der Waals surface area contributed by atoms with Crippen molar-refractivity contribution in [2.75, 3.05) is 26.2 Å². The van der Waals surface area contributed by atoms with Crippen LogP contribution in [0.15, 0.2) is 42.5 Å². The van der Waals surface area contributed by atoms with Crippen molar-refractivity contribution in [2.45, 2.75) is 62.4 Å². The number of phenolic OH excluding ortho intramolecular Hbond substituents is 1. The minimum atomic E-state index is -1.25. The molecule has 14 N–H and O–H groups in total. The summed E-state index contributed by atoms with van der Waals surface area (Å²) >= 11 is 0. The number of benzene rings is 2. The maximum Gasteiger partial charge on any atom is 0.243 e. The molecule has 4 amide bonds. The molecule has 1 aliphatic heterocycles. The van der Waals surface area contributed by atoms with Gasteiger partial charge in [0, 0.05) is 45.4 Å². The molecule has 1 aliphatic rings. The molecule has 0 saturated heterocycles. The molecular formula is C30H44N8O6. The summed E-state index contributed by atoms with van der Waals surface area (Å²) in [5.41, 5.74) is 25.8. The summed E-state index contributed by atoms with van der Waals surface area (Å²) in [5.74, 6) is -2.22. The van der Waals surface area contributed by atoms with Gasteiger partial charge >= 0.3 is 0 Å². The van der Waals surface area contributed by atoms with E-state index in [2.05, 4.69) is 21.3 Å². The van der Waals surface area contributed by atoms with E-state index in [9.17, 15) is 29.4 Å². The van der Waals surface area contributed by atoms with E-state index in [0.717, 1.165) is 16.7 Å². The third kappa shape index (κ3) is 9.99.